The number of hydrogen-bond donors (Lipinski definition) is 1. The van der Waals surface area contributed by atoms with Crippen LogP contribution in [0.4, 0.5) is 0 Å². The number of hydrogen-bond acceptors (Lipinski definition) is 3. The molecule has 0 saturated carbocycles. The largest absolute Gasteiger partial charge is 0.344 e. The SMILES string of the molecule is CC[C@H](N)C(=O)N(C)CC1CCN(Cc2ccccc2)C1. The van der Waals surface area contributed by atoms with Crippen LogP contribution in [0.15, 0.2) is 30.3 Å². The summed E-state index contributed by atoms with van der Waals surface area (Å²) in [5.41, 5.74) is 7.18. The molecule has 1 heterocycles. The second kappa shape index (κ2) is 7.57. The lowest BCUT2D eigenvalue weighted by Crippen LogP contribution is -2.43. The fourth-order valence-electron chi connectivity index (χ4n) is 2.98. The van der Waals surface area contributed by atoms with Gasteiger partial charge in [0.05, 0.1) is 6.04 Å². The molecule has 4 heteroatoms. The van der Waals surface area contributed by atoms with Crippen molar-refractivity contribution >= 4 is 5.91 Å². The van der Waals surface area contributed by atoms with Gasteiger partial charge in [0.2, 0.25) is 5.91 Å². The molecule has 1 unspecified atom stereocenters. The molecule has 1 aliphatic rings. The van der Waals surface area contributed by atoms with Gasteiger partial charge in [0.15, 0.2) is 0 Å². The van der Waals surface area contributed by atoms with Crippen molar-refractivity contribution in [3.05, 3.63) is 35.9 Å². The molecule has 1 fully saturated rings. The molecular weight excluding hydrogens is 262 g/mol. The van der Waals surface area contributed by atoms with Gasteiger partial charge in [0.25, 0.3) is 0 Å². The van der Waals surface area contributed by atoms with Gasteiger partial charge in [-0.05, 0) is 30.9 Å². The van der Waals surface area contributed by atoms with Gasteiger partial charge >= 0.3 is 0 Å². The number of likely N-dealkylation sites (N-methyl/N-ethyl adjacent to an activating group) is 1. The van der Waals surface area contributed by atoms with E-state index in [1.54, 1.807) is 0 Å². The van der Waals surface area contributed by atoms with Gasteiger partial charge in [-0.3, -0.25) is 9.69 Å². The zero-order valence-electron chi connectivity index (χ0n) is 13.2. The third-order valence-electron chi connectivity index (χ3n) is 4.28. The van der Waals surface area contributed by atoms with Gasteiger partial charge in [-0.2, -0.15) is 0 Å². The van der Waals surface area contributed by atoms with Gasteiger partial charge in [0.1, 0.15) is 0 Å². The van der Waals surface area contributed by atoms with Crippen LogP contribution in [0.1, 0.15) is 25.3 Å². The Morgan fingerprint density at radius 1 is 1.43 bits per heavy atom. The standard InChI is InChI=1S/C17H27N3O/c1-3-16(18)17(21)19(2)11-15-9-10-20(13-15)12-14-7-5-4-6-8-14/h4-8,15-16H,3,9-13,18H2,1-2H3/t15?,16-/m0/s1. The Balaban J connectivity index is 1.79. The first-order chi connectivity index (χ1) is 10.1. The lowest BCUT2D eigenvalue weighted by Gasteiger charge is -2.24. The van der Waals surface area contributed by atoms with E-state index in [-0.39, 0.29) is 11.9 Å². The lowest BCUT2D eigenvalue weighted by molar-refractivity contribution is -0.131. The van der Waals surface area contributed by atoms with Crippen molar-refractivity contribution in [1.29, 1.82) is 0 Å². The van der Waals surface area contributed by atoms with Crippen LogP contribution in [0.2, 0.25) is 0 Å². The summed E-state index contributed by atoms with van der Waals surface area (Å²) in [5.74, 6) is 0.630. The predicted molar refractivity (Wildman–Crippen MR) is 85.7 cm³/mol. The molecular formula is C17H27N3O. The normalized spacial score (nSPS) is 20.4. The van der Waals surface area contributed by atoms with Crippen LogP contribution in [-0.2, 0) is 11.3 Å². The molecule has 0 bridgehead atoms. The highest BCUT2D eigenvalue weighted by molar-refractivity contribution is 5.81. The summed E-state index contributed by atoms with van der Waals surface area (Å²) < 4.78 is 0. The van der Waals surface area contributed by atoms with Crippen molar-refractivity contribution in [2.24, 2.45) is 11.7 Å². The van der Waals surface area contributed by atoms with Crippen molar-refractivity contribution in [3.8, 4) is 0 Å². The van der Waals surface area contributed by atoms with Crippen molar-refractivity contribution in [2.75, 3.05) is 26.7 Å². The Morgan fingerprint density at radius 3 is 2.81 bits per heavy atom. The maximum Gasteiger partial charge on any atom is 0.239 e. The number of amides is 1. The minimum atomic E-state index is -0.350. The van der Waals surface area contributed by atoms with Crippen LogP contribution < -0.4 is 5.73 Å². The topological polar surface area (TPSA) is 49.6 Å². The number of nitrogens with two attached hydrogens (primary N) is 1. The number of likely N-dealkylation sites (tertiary alicyclic amines) is 1. The highest BCUT2D eigenvalue weighted by atomic mass is 16.2. The molecule has 116 valence electrons. The molecule has 0 spiro atoms. The second-order valence-electron chi connectivity index (χ2n) is 6.11. The fraction of sp³-hybridized carbons (Fsp3) is 0.588. The Bertz CT molecular complexity index is 449. The van der Waals surface area contributed by atoms with Crippen LogP contribution in [0, 0.1) is 5.92 Å². The molecule has 2 rings (SSSR count). The molecule has 21 heavy (non-hydrogen) atoms. The zero-order valence-corrected chi connectivity index (χ0v) is 13.2. The van der Waals surface area contributed by atoms with Crippen LogP contribution in [0.25, 0.3) is 0 Å². The highest BCUT2D eigenvalue weighted by Gasteiger charge is 2.26. The van der Waals surface area contributed by atoms with Gasteiger partial charge in [-0.1, -0.05) is 37.3 Å². The third-order valence-corrected chi connectivity index (χ3v) is 4.28. The van der Waals surface area contributed by atoms with E-state index in [1.165, 1.54) is 5.56 Å². The average molecular weight is 289 g/mol. The quantitative estimate of drug-likeness (QED) is 0.867. The van der Waals surface area contributed by atoms with E-state index in [1.807, 2.05) is 24.9 Å². The van der Waals surface area contributed by atoms with Crippen LogP contribution in [0.5, 0.6) is 0 Å². The van der Waals surface area contributed by atoms with E-state index < -0.39 is 0 Å². The van der Waals surface area contributed by atoms with Gasteiger partial charge in [-0.15, -0.1) is 0 Å². The smallest absolute Gasteiger partial charge is 0.239 e. The Labute approximate surface area is 127 Å². The number of carbonyl (C=O) groups is 1. The van der Waals surface area contributed by atoms with Crippen LogP contribution >= 0.6 is 0 Å². The molecule has 1 amide bonds. The van der Waals surface area contributed by atoms with Crippen molar-refractivity contribution in [2.45, 2.75) is 32.4 Å². The maximum absolute atomic E-state index is 12.0. The summed E-state index contributed by atoms with van der Waals surface area (Å²) in [6.07, 6.45) is 1.86. The first kappa shape index (κ1) is 16.0. The van der Waals surface area contributed by atoms with E-state index in [9.17, 15) is 4.79 Å². The van der Waals surface area contributed by atoms with E-state index in [0.717, 1.165) is 32.6 Å². The highest BCUT2D eigenvalue weighted by Crippen LogP contribution is 2.19. The monoisotopic (exact) mass is 289 g/mol. The minimum Gasteiger partial charge on any atom is -0.344 e. The molecule has 2 atom stereocenters. The molecule has 1 aromatic rings. The maximum atomic E-state index is 12.0. The van der Waals surface area contributed by atoms with Crippen molar-refractivity contribution in [3.63, 3.8) is 0 Å². The minimum absolute atomic E-state index is 0.0685. The lowest BCUT2D eigenvalue weighted by atomic mass is 10.1. The first-order valence-electron chi connectivity index (χ1n) is 7.87. The summed E-state index contributed by atoms with van der Waals surface area (Å²) in [4.78, 5) is 16.3. The van der Waals surface area contributed by atoms with Gasteiger partial charge < -0.3 is 10.6 Å². The first-order valence-corrected chi connectivity index (χ1v) is 7.87. The van der Waals surface area contributed by atoms with Crippen LogP contribution in [0.3, 0.4) is 0 Å². The summed E-state index contributed by atoms with van der Waals surface area (Å²) in [6.45, 7) is 5.95. The second-order valence-corrected chi connectivity index (χ2v) is 6.11. The molecule has 2 N–H and O–H groups in total. The summed E-state index contributed by atoms with van der Waals surface area (Å²) in [5, 5.41) is 0. The zero-order chi connectivity index (χ0) is 15.2. The Kier molecular flexibility index (Phi) is 5.76. The summed E-state index contributed by atoms with van der Waals surface area (Å²) >= 11 is 0. The molecule has 1 aliphatic heterocycles. The molecule has 0 aromatic heterocycles. The number of carbonyl (C=O) groups excluding carboxylic acids is 1. The summed E-state index contributed by atoms with van der Waals surface area (Å²) in [6, 6.07) is 10.2. The average Bonchev–Trinajstić information content (AvgIpc) is 2.93. The van der Waals surface area contributed by atoms with Crippen molar-refractivity contribution in [1.82, 2.24) is 9.80 Å². The fourth-order valence-corrected chi connectivity index (χ4v) is 2.98. The van der Waals surface area contributed by atoms with Crippen LogP contribution in [-0.4, -0.2) is 48.4 Å². The molecule has 0 radical (unpaired) electrons. The van der Waals surface area contributed by atoms with E-state index in [4.69, 9.17) is 5.73 Å². The number of nitrogens with zero attached hydrogens (tertiary/aromatic N) is 2. The Morgan fingerprint density at radius 2 is 2.14 bits per heavy atom. The molecule has 4 nitrogen and oxygen atoms in total. The molecule has 1 aromatic carbocycles. The predicted octanol–water partition coefficient (Wildman–Crippen LogP) is 1.70. The van der Waals surface area contributed by atoms with E-state index >= 15 is 0 Å². The molecule has 0 aliphatic carbocycles. The van der Waals surface area contributed by atoms with E-state index in [0.29, 0.717) is 12.3 Å². The Hall–Kier alpha value is -1.39. The summed E-state index contributed by atoms with van der Waals surface area (Å²) in [7, 11) is 1.87. The van der Waals surface area contributed by atoms with Crippen molar-refractivity contribution < 1.29 is 4.79 Å². The van der Waals surface area contributed by atoms with E-state index in [2.05, 4.69) is 29.2 Å². The molecule has 1 saturated heterocycles. The number of rotatable bonds is 6. The van der Waals surface area contributed by atoms with Gasteiger partial charge in [0, 0.05) is 26.7 Å². The third kappa shape index (κ3) is 4.55. The number of benzene rings is 1. The van der Waals surface area contributed by atoms with Gasteiger partial charge in [-0.25, -0.2) is 0 Å².